The van der Waals surface area contributed by atoms with E-state index in [1.807, 2.05) is 12.1 Å². The van der Waals surface area contributed by atoms with Crippen LogP contribution < -0.4 is 10.1 Å². The van der Waals surface area contributed by atoms with Crippen molar-refractivity contribution in [2.45, 2.75) is 30.5 Å². The maximum Gasteiger partial charge on any atom is 0.255 e. The number of carbonyl (C=O) groups excluding carboxylic acids is 1. The van der Waals surface area contributed by atoms with Crippen molar-refractivity contribution >= 4 is 21.8 Å². The minimum atomic E-state index is -0.0164. The van der Waals surface area contributed by atoms with Crippen molar-refractivity contribution in [1.29, 1.82) is 0 Å². The van der Waals surface area contributed by atoms with E-state index in [9.17, 15) is 4.79 Å². The topological polar surface area (TPSA) is 38.3 Å². The van der Waals surface area contributed by atoms with Crippen molar-refractivity contribution in [2.75, 3.05) is 13.2 Å². The number of amides is 1. The molecular formula is C17H20BrNO2. The van der Waals surface area contributed by atoms with Crippen molar-refractivity contribution in [1.82, 2.24) is 5.32 Å². The van der Waals surface area contributed by atoms with Gasteiger partial charge in [0.1, 0.15) is 12.4 Å². The van der Waals surface area contributed by atoms with Crippen LogP contribution in [0.3, 0.4) is 0 Å². The van der Waals surface area contributed by atoms with Crippen LogP contribution in [-0.2, 0) is 0 Å². The van der Waals surface area contributed by atoms with E-state index in [0.717, 1.165) is 17.8 Å². The quantitative estimate of drug-likeness (QED) is 0.827. The van der Waals surface area contributed by atoms with Crippen molar-refractivity contribution < 1.29 is 9.53 Å². The molecule has 3 nitrogen and oxygen atoms in total. The first kappa shape index (κ1) is 13.6. The number of ether oxygens (including phenoxy) is 1. The molecule has 2 fully saturated rings. The molecule has 1 aromatic carbocycles. The van der Waals surface area contributed by atoms with E-state index in [2.05, 4.69) is 27.3 Å². The third kappa shape index (κ3) is 2.37. The van der Waals surface area contributed by atoms with Gasteiger partial charge in [-0.1, -0.05) is 34.8 Å². The van der Waals surface area contributed by atoms with Gasteiger partial charge in [0.25, 0.3) is 5.91 Å². The molecule has 3 unspecified atom stereocenters. The van der Waals surface area contributed by atoms with Crippen LogP contribution in [0.25, 0.3) is 0 Å². The zero-order valence-electron chi connectivity index (χ0n) is 12.0. The number of benzene rings is 1. The molecule has 3 atom stereocenters. The van der Waals surface area contributed by atoms with Crippen LogP contribution in [0, 0.1) is 17.8 Å². The maximum atomic E-state index is 12.1. The first-order valence-electron chi connectivity index (χ1n) is 7.95. The molecule has 2 saturated carbocycles. The van der Waals surface area contributed by atoms with Crippen molar-refractivity contribution in [3.05, 3.63) is 29.3 Å². The fourth-order valence-electron chi connectivity index (χ4n) is 4.15. The van der Waals surface area contributed by atoms with Gasteiger partial charge in [-0.2, -0.15) is 0 Å². The maximum absolute atomic E-state index is 12.1. The van der Waals surface area contributed by atoms with Crippen LogP contribution >= 0.6 is 15.9 Å². The van der Waals surface area contributed by atoms with Crippen molar-refractivity contribution in [2.24, 2.45) is 17.8 Å². The monoisotopic (exact) mass is 349 g/mol. The molecule has 0 saturated heterocycles. The highest BCUT2D eigenvalue weighted by Gasteiger charge is 2.53. The SMILES string of the molecule is O=C1NCCOc2ccc(C(Br)C3C4CCCCC43)cc21. The van der Waals surface area contributed by atoms with Crippen molar-refractivity contribution in [3.63, 3.8) is 0 Å². The van der Waals surface area contributed by atoms with Crippen molar-refractivity contribution in [3.8, 4) is 5.75 Å². The Morgan fingerprint density at radius 2 is 2.00 bits per heavy atom. The molecule has 1 N–H and O–H groups in total. The fourth-order valence-corrected chi connectivity index (χ4v) is 5.22. The number of hydrogen-bond donors (Lipinski definition) is 1. The molecular weight excluding hydrogens is 330 g/mol. The summed E-state index contributed by atoms with van der Waals surface area (Å²) in [6.07, 6.45) is 5.54. The van der Waals surface area contributed by atoms with Crippen LogP contribution in [0.5, 0.6) is 5.75 Å². The largest absolute Gasteiger partial charge is 0.491 e. The molecule has 1 amide bonds. The molecule has 0 radical (unpaired) electrons. The van der Waals surface area contributed by atoms with E-state index in [1.165, 1.54) is 31.2 Å². The minimum Gasteiger partial charge on any atom is -0.491 e. The minimum absolute atomic E-state index is 0.0164. The van der Waals surface area contributed by atoms with E-state index in [1.54, 1.807) is 0 Å². The normalized spacial score (nSPS) is 32.0. The van der Waals surface area contributed by atoms with Gasteiger partial charge in [-0.3, -0.25) is 4.79 Å². The number of carbonyl (C=O) groups is 1. The summed E-state index contributed by atoms with van der Waals surface area (Å²) in [6.45, 7) is 1.12. The van der Waals surface area contributed by atoms with Gasteiger partial charge in [0.15, 0.2) is 0 Å². The van der Waals surface area contributed by atoms with Gasteiger partial charge in [0.05, 0.1) is 12.1 Å². The highest BCUT2D eigenvalue weighted by molar-refractivity contribution is 9.09. The van der Waals surface area contributed by atoms with Crippen LogP contribution in [0.15, 0.2) is 18.2 Å². The third-order valence-electron chi connectivity index (χ3n) is 5.27. The number of nitrogens with one attached hydrogen (secondary N) is 1. The lowest BCUT2D eigenvalue weighted by Gasteiger charge is -2.13. The Morgan fingerprint density at radius 3 is 2.76 bits per heavy atom. The van der Waals surface area contributed by atoms with E-state index in [-0.39, 0.29) is 5.91 Å². The summed E-state index contributed by atoms with van der Waals surface area (Å²) in [6, 6.07) is 6.08. The Morgan fingerprint density at radius 1 is 1.24 bits per heavy atom. The molecule has 3 aliphatic rings. The molecule has 4 rings (SSSR count). The summed E-state index contributed by atoms with van der Waals surface area (Å²) >= 11 is 3.90. The summed E-state index contributed by atoms with van der Waals surface area (Å²) < 4.78 is 5.63. The van der Waals surface area contributed by atoms with Crippen LogP contribution in [0.4, 0.5) is 0 Å². The van der Waals surface area contributed by atoms with E-state index >= 15 is 0 Å². The van der Waals surface area contributed by atoms with Crippen LogP contribution in [-0.4, -0.2) is 19.1 Å². The molecule has 0 bridgehead atoms. The first-order valence-corrected chi connectivity index (χ1v) is 8.86. The zero-order valence-corrected chi connectivity index (χ0v) is 13.6. The van der Waals surface area contributed by atoms with Gasteiger partial charge in [-0.15, -0.1) is 0 Å². The smallest absolute Gasteiger partial charge is 0.255 e. The summed E-state index contributed by atoms with van der Waals surface area (Å²) in [5.74, 6) is 3.23. The zero-order chi connectivity index (χ0) is 14.4. The summed E-state index contributed by atoms with van der Waals surface area (Å²) in [4.78, 5) is 12.5. The summed E-state index contributed by atoms with van der Waals surface area (Å²) in [5.41, 5.74) is 1.90. The number of fused-ring (bicyclic) bond motifs is 2. The lowest BCUT2D eigenvalue weighted by molar-refractivity contribution is 0.0957. The predicted molar refractivity (Wildman–Crippen MR) is 84.9 cm³/mol. The predicted octanol–water partition coefficient (Wildman–Crippen LogP) is 3.68. The Labute approximate surface area is 133 Å². The molecule has 112 valence electrons. The second-order valence-electron chi connectivity index (χ2n) is 6.45. The molecule has 1 aliphatic heterocycles. The second kappa shape index (κ2) is 5.31. The average Bonchev–Trinajstić information content (AvgIpc) is 3.27. The van der Waals surface area contributed by atoms with E-state index in [4.69, 9.17) is 4.74 Å². The number of rotatable bonds is 2. The molecule has 0 spiro atoms. The summed E-state index contributed by atoms with van der Waals surface area (Å²) in [5, 5.41) is 2.88. The Bertz CT molecular complexity index is 562. The van der Waals surface area contributed by atoms with Gasteiger partial charge < -0.3 is 10.1 Å². The van der Waals surface area contributed by atoms with Gasteiger partial charge in [0, 0.05) is 4.83 Å². The molecule has 4 heteroatoms. The molecule has 2 aliphatic carbocycles. The highest BCUT2D eigenvalue weighted by Crippen LogP contribution is 2.62. The molecule has 1 heterocycles. The molecule has 0 aromatic heterocycles. The lowest BCUT2D eigenvalue weighted by atomic mass is 10.0. The lowest BCUT2D eigenvalue weighted by Crippen LogP contribution is -2.24. The number of hydrogen-bond acceptors (Lipinski definition) is 2. The van der Waals surface area contributed by atoms with E-state index < -0.39 is 0 Å². The fraction of sp³-hybridized carbons (Fsp3) is 0.588. The molecule has 1 aromatic rings. The van der Waals surface area contributed by atoms with Gasteiger partial charge in [-0.25, -0.2) is 0 Å². The second-order valence-corrected chi connectivity index (χ2v) is 7.44. The molecule has 21 heavy (non-hydrogen) atoms. The summed E-state index contributed by atoms with van der Waals surface area (Å²) in [7, 11) is 0. The Kier molecular flexibility index (Phi) is 3.44. The average molecular weight is 350 g/mol. The van der Waals surface area contributed by atoms with E-state index in [0.29, 0.717) is 29.3 Å². The van der Waals surface area contributed by atoms with Crippen LogP contribution in [0.1, 0.15) is 46.4 Å². The van der Waals surface area contributed by atoms with Gasteiger partial charge in [0.2, 0.25) is 0 Å². The van der Waals surface area contributed by atoms with Crippen LogP contribution in [0.2, 0.25) is 0 Å². The van der Waals surface area contributed by atoms with Gasteiger partial charge >= 0.3 is 0 Å². The van der Waals surface area contributed by atoms with Gasteiger partial charge in [-0.05, 0) is 48.3 Å². The Balaban J connectivity index is 1.59. The third-order valence-corrected chi connectivity index (χ3v) is 6.41. The Hall–Kier alpha value is -1.03. The number of alkyl halides is 1. The standard InChI is InChI=1S/C17H20BrNO2/c18-16(15-11-3-1-2-4-12(11)15)10-5-6-14-13(9-10)17(20)19-7-8-21-14/h5-6,9,11-12,15-16H,1-4,7-8H2,(H,19,20). The number of halogens is 1. The highest BCUT2D eigenvalue weighted by atomic mass is 79.9. The first-order chi connectivity index (χ1) is 10.3.